The third kappa shape index (κ3) is 3.05. The summed E-state index contributed by atoms with van der Waals surface area (Å²) in [6, 6.07) is 11.9. The van der Waals surface area contributed by atoms with Gasteiger partial charge in [-0.3, -0.25) is 4.79 Å². The average Bonchev–Trinajstić information content (AvgIpc) is 2.39. The third-order valence-electron chi connectivity index (χ3n) is 2.52. The Balaban J connectivity index is 2.44. The van der Waals surface area contributed by atoms with Gasteiger partial charge in [0.25, 0.3) is 5.24 Å². The van der Waals surface area contributed by atoms with Crippen molar-refractivity contribution in [1.29, 1.82) is 0 Å². The summed E-state index contributed by atoms with van der Waals surface area (Å²) < 4.78 is 25.4. The van der Waals surface area contributed by atoms with Crippen molar-refractivity contribution in [3.05, 3.63) is 58.6 Å². The Labute approximate surface area is 124 Å². The molecule has 0 fully saturated rings. The predicted octanol–water partition coefficient (Wildman–Crippen LogP) is 3.66. The largest absolute Gasteiger partial charge is 0.276 e. The Hall–Kier alpha value is -1.17. The summed E-state index contributed by atoms with van der Waals surface area (Å²) >= 11 is 8.56. The van der Waals surface area contributed by atoms with Crippen LogP contribution in [0.5, 0.6) is 0 Å². The fourth-order valence-electron chi connectivity index (χ4n) is 1.51. The van der Waals surface area contributed by atoms with E-state index >= 15 is 0 Å². The van der Waals surface area contributed by atoms with Crippen LogP contribution >= 0.6 is 27.5 Å². The fourth-order valence-corrected chi connectivity index (χ4v) is 3.17. The Morgan fingerprint density at radius 3 is 1.74 bits per heavy atom. The SMILES string of the molecule is O=C(Cl)c1ccc(S(=O)(=O)c2ccc(Br)cc2)cc1. The summed E-state index contributed by atoms with van der Waals surface area (Å²) in [6.45, 7) is 0. The number of halogens is 2. The highest BCUT2D eigenvalue weighted by Crippen LogP contribution is 2.23. The van der Waals surface area contributed by atoms with Crippen molar-refractivity contribution in [3.63, 3.8) is 0 Å². The zero-order valence-electron chi connectivity index (χ0n) is 9.51. The summed E-state index contributed by atoms with van der Waals surface area (Å²) in [4.78, 5) is 11.2. The molecule has 0 unspecified atom stereocenters. The van der Waals surface area contributed by atoms with Crippen LogP contribution in [0.15, 0.2) is 62.8 Å². The van der Waals surface area contributed by atoms with Crippen molar-refractivity contribution in [1.82, 2.24) is 0 Å². The van der Waals surface area contributed by atoms with Crippen molar-refractivity contribution < 1.29 is 13.2 Å². The van der Waals surface area contributed by atoms with E-state index in [1.54, 1.807) is 12.1 Å². The first-order chi connectivity index (χ1) is 8.91. The van der Waals surface area contributed by atoms with E-state index in [1.807, 2.05) is 0 Å². The molecule has 0 saturated carbocycles. The van der Waals surface area contributed by atoms with Gasteiger partial charge in [0.1, 0.15) is 0 Å². The standard InChI is InChI=1S/C13H8BrClO3S/c14-10-3-7-12(8-4-10)19(17,18)11-5-1-9(2-6-11)13(15)16/h1-8H. The maximum absolute atomic E-state index is 12.3. The Morgan fingerprint density at radius 1 is 0.895 bits per heavy atom. The number of carbonyl (C=O) groups is 1. The lowest BCUT2D eigenvalue weighted by Gasteiger charge is -2.05. The van der Waals surface area contributed by atoms with Crippen LogP contribution in [-0.4, -0.2) is 13.7 Å². The molecule has 0 aliphatic rings. The van der Waals surface area contributed by atoms with Crippen LogP contribution in [0, 0.1) is 0 Å². The second kappa shape index (κ2) is 5.45. The second-order valence-corrected chi connectivity index (χ2v) is 6.96. The van der Waals surface area contributed by atoms with Crippen LogP contribution in [0.25, 0.3) is 0 Å². The Kier molecular flexibility index (Phi) is 4.08. The lowest BCUT2D eigenvalue weighted by molar-refractivity contribution is 0.108. The number of hydrogen-bond donors (Lipinski definition) is 0. The molecule has 0 spiro atoms. The van der Waals surface area contributed by atoms with E-state index in [9.17, 15) is 13.2 Å². The van der Waals surface area contributed by atoms with Crippen LogP contribution in [0.1, 0.15) is 10.4 Å². The first-order valence-electron chi connectivity index (χ1n) is 5.22. The van der Waals surface area contributed by atoms with Gasteiger partial charge >= 0.3 is 0 Å². The topological polar surface area (TPSA) is 51.2 Å². The molecule has 0 aliphatic heterocycles. The molecule has 98 valence electrons. The molecule has 0 heterocycles. The van der Waals surface area contributed by atoms with Gasteiger partial charge in [0.2, 0.25) is 9.84 Å². The number of benzene rings is 2. The molecule has 0 aromatic heterocycles. The van der Waals surface area contributed by atoms with Gasteiger partial charge in [0, 0.05) is 10.0 Å². The summed E-state index contributed by atoms with van der Waals surface area (Å²) in [7, 11) is -3.57. The van der Waals surface area contributed by atoms with E-state index in [0.717, 1.165) is 4.47 Å². The summed E-state index contributed by atoms with van der Waals surface area (Å²) in [5.74, 6) is 0. The quantitative estimate of drug-likeness (QED) is 0.786. The van der Waals surface area contributed by atoms with Gasteiger partial charge in [-0.25, -0.2) is 8.42 Å². The summed E-state index contributed by atoms with van der Waals surface area (Å²) in [5, 5.41) is -0.618. The van der Waals surface area contributed by atoms with E-state index < -0.39 is 15.1 Å². The molecule has 0 N–H and O–H groups in total. The van der Waals surface area contributed by atoms with Crippen LogP contribution < -0.4 is 0 Å². The molecule has 0 amide bonds. The highest BCUT2D eigenvalue weighted by Gasteiger charge is 2.17. The zero-order chi connectivity index (χ0) is 14.0. The van der Waals surface area contributed by atoms with E-state index in [-0.39, 0.29) is 15.4 Å². The van der Waals surface area contributed by atoms with Crippen LogP contribution in [-0.2, 0) is 9.84 Å². The molecule has 2 aromatic rings. The van der Waals surface area contributed by atoms with E-state index in [4.69, 9.17) is 11.6 Å². The van der Waals surface area contributed by atoms with Gasteiger partial charge < -0.3 is 0 Å². The number of hydrogen-bond acceptors (Lipinski definition) is 3. The Bertz CT molecular complexity index is 707. The number of rotatable bonds is 3. The molecule has 6 heteroatoms. The van der Waals surface area contributed by atoms with Crippen molar-refractivity contribution in [2.24, 2.45) is 0 Å². The molecule has 3 nitrogen and oxygen atoms in total. The smallest absolute Gasteiger partial charge is 0.252 e. The normalized spacial score (nSPS) is 11.3. The molecule has 0 radical (unpaired) electrons. The lowest BCUT2D eigenvalue weighted by atomic mass is 10.2. The minimum absolute atomic E-state index is 0.122. The lowest BCUT2D eigenvalue weighted by Crippen LogP contribution is -2.02. The molecule has 0 aliphatic carbocycles. The van der Waals surface area contributed by atoms with Crippen LogP contribution in [0.4, 0.5) is 0 Å². The molecule has 2 rings (SSSR count). The monoisotopic (exact) mass is 358 g/mol. The molecule has 19 heavy (non-hydrogen) atoms. The number of carbonyl (C=O) groups excluding carboxylic acids is 1. The zero-order valence-corrected chi connectivity index (χ0v) is 12.7. The van der Waals surface area contributed by atoms with Gasteiger partial charge in [0.15, 0.2) is 0 Å². The number of sulfone groups is 1. The minimum Gasteiger partial charge on any atom is -0.276 e. The fraction of sp³-hybridized carbons (Fsp3) is 0. The van der Waals surface area contributed by atoms with Gasteiger partial charge in [-0.05, 0) is 60.1 Å². The molecular weight excluding hydrogens is 352 g/mol. The maximum Gasteiger partial charge on any atom is 0.252 e. The first kappa shape index (κ1) is 14.2. The average molecular weight is 360 g/mol. The van der Waals surface area contributed by atoms with E-state index in [2.05, 4.69) is 15.9 Å². The van der Waals surface area contributed by atoms with Crippen molar-refractivity contribution in [3.8, 4) is 0 Å². The second-order valence-electron chi connectivity index (χ2n) is 3.76. The van der Waals surface area contributed by atoms with Gasteiger partial charge in [-0.1, -0.05) is 15.9 Å². The highest BCUT2D eigenvalue weighted by atomic mass is 79.9. The van der Waals surface area contributed by atoms with Gasteiger partial charge in [-0.15, -0.1) is 0 Å². The predicted molar refractivity (Wildman–Crippen MR) is 76.2 cm³/mol. The van der Waals surface area contributed by atoms with Crippen molar-refractivity contribution >= 4 is 42.6 Å². The Morgan fingerprint density at radius 2 is 1.32 bits per heavy atom. The minimum atomic E-state index is -3.57. The molecule has 2 aromatic carbocycles. The molecular formula is C13H8BrClO3S. The molecule has 0 saturated heterocycles. The van der Waals surface area contributed by atoms with Crippen molar-refractivity contribution in [2.45, 2.75) is 9.79 Å². The van der Waals surface area contributed by atoms with Gasteiger partial charge in [-0.2, -0.15) is 0 Å². The molecule has 0 bridgehead atoms. The van der Waals surface area contributed by atoms with Gasteiger partial charge in [0.05, 0.1) is 9.79 Å². The molecule has 0 atom stereocenters. The maximum atomic E-state index is 12.3. The van der Waals surface area contributed by atoms with Crippen LogP contribution in [0.3, 0.4) is 0 Å². The first-order valence-corrected chi connectivity index (χ1v) is 7.87. The third-order valence-corrected chi connectivity index (χ3v) is 5.05. The van der Waals surface area contributed by atoms with E-state index in [0.29, 0.717) is 0 Å². The van der Waals surface area contributed by atoms with Crippen LogP contribution in [0.2, 0.25) is 0 Å². The summed E-state index contributed by atoms with van der Waals surface area (Å²) in [6.07, 6.45) is 0. The summed E-state index contributed by atoms with van der Waals surface area (Å²) in [5.41, 5.74) is 0.261. The van der Waals surface area contributed by atoms with Crippen molar-refractivity contribution in [2.75, 3.05) is 0 Å². The highest BCUT2D eigenvalue weighted by molar-refractivity contribution is 9.10. The van der Waals surface area contributed by atoms with E-state index in [1.165, 1.54) is 36.4 Å².